The Bertz CT molecular complexity index is 801. The Balaban J connectivity index is 1.38. The minimum atomic E-state index is -0.114. The van der Waals surface area contributed by atoms with Gasteiger partial charge in [-0.25, -0.2) is 4.98 Å². The maximum Gasteiger partial charge on any atom is 0.251 e. The zero-order valence-electron chi connectivity index (χ0n) is 12.4. The second-order valence-electron chi connectivity index (χ2n) is 5.69. The highest BCUT2D eigenvalue weighted by molar-refractivity contribution is 5.94. The van der Waals surface area contributed by atoms with Gasteiger partial charge >= 0.3 is 0 Å². The lowest BCUT2D eigenvalue weighted by Gasteiger charge is -2.04. The van der Waals surface area contributed by atoms with Crippen molar-refractivity contribution >= 4 is 5.91 Å². The first-order chi connectivity index (χ1) is 11.3. The van der Waals surface area contributed by atoms with Crippen molar-refractivity contribution in [1.82, 2.24) is 30.7 Å². The van der Waals surface area contributed by atoms with Gasteiger partial charge in [0.05, 0.1) is 17.9 Å². The summed E-state index contributed by atoms with van der Waals surface area (Å²) >= 11 is 0. The third-order valence-corrected chi connectivity index (χ3v) is 3.92. The minimum absolute atomic E-state index is 0.114. The molecule has 3 N–H and O–H groups in total. The van der Waals surface area contributed by atoms with Gasteiger partial charge in [-0.05, 0) is 31.0 Å². The Morgan fingerprint density at radius 1 is 1.22 bits per heavy atom. The van der Waals surface area contributed by atoms with Gasteiger partial charge in [-0.2, -0.15) is 10.2 Å². The molecule has 7 heteroatoms. The Morgan fingerprint density at radius 3 is 2.74 bits per heavy atom. The summed E-state index contributed by atoms with van der Waals surface area (Å²) in [5, 5.41) is 16.8. The average Bonchev–Trinajstić information content (AvgIpc) is 3.11. The van der Waals surface area contributed by atoms with Gasteiger partial charge in [-0.3, -0.25) is 15.0 Å². The van der Waals surface area contributed by atoms with Crippen LogP contribution in [0.15, 0.2) is 36.7 Å². The number of hydrogen-bond donors (Lipinski definition) is 3. The Morgan fingerprint density at radius 2 is 2.04 bits per heavy atom. The molecule has 0 unspecified atom stereocenters. The van der Waals surface area contributed by atoms with Crippen molar-refractivity contribution in [3.05, 3.63) is 53.6 Å². The lowest BCUT2D eigenvalue weighted by atomic mass is 10.1. The maximum atomic E-state index is 12.2. The lowest BCUT2D eigenvalue weighted by Crippen LogP contribution is -2.22. The summed E-state index contributed by atoms with van der Waals surface area (Å²) in [6, 6.07) is 9.27. The first-order valence-corrected chi connectivity index (χ1v) is 7.58. The zero-order chi connectivity index (χ0) is 15.6. The van der Waals surface area contributed by atoms with Gasteiger partial charge in [-0.1, -0.05) is 12.1 Å². The Kier molecular flexibility index (Phi) is 3.38. The highest BCUT2D eigenvalue weighted by atomic mass is 16.1. The van der Waals surface area contributed by atoms with Crippen LogP contribution in [0.25, 0.3) is 11.4 Å². The van der Waals surface area contributed by atoms with Crippen LogP contribution >= 0.6 is 0 Å². The largest absolute Gasteiger partial charge is 0.346 e. The van der Waals surface area contributed by atoms with Gasteiger partial charge in [0.2, 0.25) is 0 Å². The van der Waals surface area contributed by atoms with Crippen molar-refractivity contribution in [2.75, 3.05) is 0 Å². The van der Waals surface area contributed by atoms with E-state index in [0.29, 0.717) is 23.9 Å². The number of H-pyrrole nitrogens is 2. The molecule has 1 fully saturated rings. The molecule has 0 aliphatic heterocycles. The van der Waals surface area contributed by atoms with Gasteiger partial charge in [0.15, 0.2) is 5.82 Å². The summed E-state index contributed by atoms with van der Waals surface area (Å²) in [7, 11) is 0. The molecule has 7 nitrogen and oxygen atoms in total. The van der Waals surface area contributed by atoms with E-state index in [0.717, 1.165) is 17.0 Å². The molecule has 1 amide bonds. The molecular formula is C16H16N6O. The Hall–Kier alpha value is -2.96. The molecule has 1 aliphatic carbocycles. The normalized spacial score (nSPS) is 13.9. The monoisotopic (exact) mass is 308 g/mol. The maximum absolute atomic E-state index is 12.2. The van der Waals surface area contributed by atoms with Crippen LogP contribution in [-0.4, -0.2) is 31.3 Å². The quantitative estimate of drug-likeness (QED) is 0.671. The first-order valence-electron chi connectivity index (χ1n) is 7.58. The number of amides is 1. The predicted octanol–water partition coefficient (Wildman–Crippen LogP) is 2.00. The average molecular weight is 308 g/mol. The van der Waals surface area contributed by atoms with Crippen molar-refractivity contribution < 1.29 is 4.79 Å². The van der Waals surface area contributed by atoms with E-state index in [1.165, 1.54) is 19.2 Å². The molecule has 2 heterocycles. The van der Waals surface area contributed by atoms with E-state index in [1.54, 1.807) is 12.1 Å². The highest BCUT2D eigenvalue weighted by Gasteiger charge is 2.26. The summed E-state index contributed by atoms with van der Waals surface area (Å²) in [6.07, 6.45) is 3.89. The number of rotatable bonds is 5. The first kappa shape index (κ1) is 13.7. The molecule has 2 aromatic heterocycles. The molecule has 1 aliphatic rings. The molecule has 4 rings (SSSR count). The van der Waals surface area contributed by atoms with Crippen LogP contribution in [0, 0.1) is 0 Å². The second kappa shape index (κ2) is 5.68. The summed E-state index contributed by atoms with van der Waals surface area (Å²) in [4.78, 5) is 16.3. The van der Waals surface area contributed by atoms with Crippen molar-refractivity contribution in [3.63, 3.8) is 0 Å². The van der Waals surface area contributed by atoms with Gasteiger partial charge in [0.1, 0.15) is 6.33 Å². The highest BCUT2D eigenvalue weighted by Crippen LogP contribution is 2.38. The van der Waals surface area contributed by atoms with Crippen LogP contribution in [0.4, 0.5) is 0 Å². The van der Waals surface area contributed by atoms with E-state index < -0.39 is 0 Å². The van der Waals surface area contributed by atoms with E-state index in [4.69, 9.17) is 0 Å². The SMILES string of the molecule is O=C(NCc1cc(C2CC2)n[nH]1)c1ccc(-c2ncn[nH]2)cc1. The molecular weight excluding hydrogens is 292 g/mol. The summed E-state index contributed by atoms with van der Waals surface area (Å²) in [6.45, 7) is 0.447. The molecule has 1 saturated carbocycles. The Labute approximate surface area is 132 Å². The molecule has 0 radical (unpaired) electrons. The summed E-state index contributed by atoms with van der Waals surface area (Å²) < 4.78 is 0. The van der Waals surface area contributed by atoms with Gasteiger partial charge < -0.3 is 5.32 Å². The van der Waals surface area contributed by atoms with Crippen LogP contribution < -0.4 is 5.32 Å². The van der Waals surface area contributed by atoms with Gasteiger partial charge in [0, 0.05) is 17.0 Å². The third kappa shape index (κ3) is 2.98. The van der Waals surface area contributed by atoms with E-state index >= 15 is 0 Å². The number of carbonyl (C=O) groups is 1. The standard InChI is InChI=1S/C16H16N6O/c23-16(17-8-13-7-14(21-20-13)10-1-2-10)12-5-3-11(4-6-12)15-18-9-19-22-15/h3-7,9-10H,1-2,8H2,(H,17,23)(H,20,21)(H,18,19,22). The molecule has 0 saturated heterocycles. The van der Waals surface area contributed by atoms with Crippen LogP contribution in [-0.2, 0) is 6.54 Å². The van der Waals surface area contributed by atoms with Crippen molar-refractivity contribution in [3.8, 4) is 11.4 Å². The predicted molar refractivity (Wildman–Crippen MR) is 83.6 cm³/mol. The van der Waals surface area contributed by atoms with Crippen LogP contribution in [0.1, 0.15) is 40.5 Å². The minimum Gasteiger partial charge on any atom is -0.346 e. The molecule has 0 bridgehead atoms. The number of nitrogens with zero attached hydrogens (tertiary/aromatic N) is 3. The molecule has 3 aromatic rings. The number of hydrogen-bond acceptors (Lipinski definition) is 4. The number of carbonyl (C=O) groups excluding carboxylic acids is 1. The zero-order valence-corrected chi connectivity index (χ0v) is 12.4. The van der Waals surface area contributed by atoms with Crippen LogP contribution in [0.5, 0.6) is 0 Å². The summed E-state index contributed by atoms with van der Waals surface area (Å²) in [5.74, 6) is 1.18. The number of benzene rings is 1. The van der Waals surface area contributed by atoms with Crippen molar-refractivity contribution in [2.24, 2.45) is 0 Å². The fourth-order valence-corrected chi connectivity index (χ4v) is 2.46. The molecule has 116 valence electrons. The number of aromatic nitrogens is 5. The third-order valence-electron chi connectivity index (χ3n) is 3.92. The fraction of sp³-hybridized carbons (Fsp3) is 0.250. The number of aromatic amines is 2. The number of nitrogens with one attached hydrogen (secondary N) is 3. The van der Waals surface area contributed by atoms with Crippen molar-refractivity contribution in [1.29, 1.82) is 0 Å². The van der Waals surface area contributed by atoms with Crippen molar-refractivity contribution in [2.45, 2.75) is 25.3 Å². The molecule has 23 heavy (non-hydrogen) atoms. The van der Waals surface area contributed by atoms with E-state index in [-0.39, 0.29) is 5.91 Å². The van der Waals surface area contributed by atoms with Crippen LogP contribution in [0.2, 0.25) is 0 Å². The lowest BCUT2D eigenvalue weighted by molar-refractivity contribution is 0.0950. The topological polar surface area (TPSA) is 99.3 Å². The van der Waals surface area contributed by atoms with Crippen LogP contribution in [0.3, 0.4) is 0 Å². The van der Waals surface area contributed by atoms with E-state index in [1.807, 2.05) is 18.2 Å². The van der Waals surface area contributed by atoms with E-state index in [2.05, 4.69) is 30.7 Å². The second-order valence-corrected chi connectivity index (χ2v) is 5.69. The van der Waals surface area contributed by atoms with Gasteiger partial charge in [-0.15, -0.1) is 0 Å². The summed E-state index contributed by atoms with van der Waals surface area (Å²) in [5.41, 5.74) is 3.53. The molecule has 0 spiro atoms. The van der Waals surface area contributed by atoms with Gasteiger partial charge in [0.25, 0.3) is 5.91 Å². The fourth-order valence-electron chi connectivity index (χ4n) is 2.46. The smallest absolute Gasteiger partial charge is 0.251 e. The van der Waals surface area contributed by atoms with E-state index in [9.17, 15) is 4.79 Å². The molecule has 0 atom stereocenters. The molecule has 1 aromatic carbocycles.